The van der Waals surface area contributed by atoms with Crippen LogP contribution in [0.4, 0.5) is 5.69 Å². The van der Waals surface area contributed by atoms with Gasteiger partial charge in [0.25, 0.3) is 0 Å². The van der Waals surface area contributed by atoms with Gasteiger partial charge < -0.3 is 4.90 Å². The largest absolute Gasteiger partial charge is 0.355 e. The number of hydrogen-bond acceptors (Lipinski definition) is 4. The van der Waals surface area contributed by atoms with Crippen LogP contribution in [-0.2, 0) is 10.0 Å². The zero-order chi connectivity index (χ0) is 15.6. The second-order valence-electron chi connectivity index (χ2n) is 6.28. The Hall–Kier alpha value is -1.11. The number of nitrogens with zero attached hydrogens (tertiary/aromatic N) is 2. The molecule has 1 aromatic carbocycles. The maximum Gasteiger partial charge on any atom is 0.240 e. The molecule has 2 saturated heterocycles. The van der Waals surface area contributed by atoms with Gasteiger partial charge in [0.1, 0.15) is 4.90 Å². The van der Waals surface area contributed by atoms with Gasteiger partial charge >= 0.3 is 0 Å². The van der Waals surface area contributed by atoms with Gasteiger partial charge in [-0.3, -0.25) is 4.90 Å². The van der Waals surface area contributed by atoms with E-state index in [1.807, 2.05) is 12.1 Å². The van der Waals surface area contributed by atoms with Crippen molar-refractivity contribution in [1.29, 1.82) is 0 Å². The summed E-state index contributed by atoms with van der Waals surface area (Å²) in [7, 11) is -3.70. The molecule has 2 aliphatic rings. The van der Waals surface area contributed by atoms with E-state index in [-0.39, 0.29) is 4.90 Å². The van der Waals surface area contributed by atoms with Crippen molar-refractivity contribution in [3.63, 3.8) is 0 Å². The highest BCUT2D eigenvalue weighted by atomic mass is 32.2. The van der Waals surface area contributed by atoms with Gasteiger partial charge in [-0.05, 0) is 44.2 Å². The molecule has 0 aliphatic carbocycles. The molecule has 2 aliphatic heterocycles. The molecule has 2 heterocycles. The predicted molar refractivity (Wildman–Crippen MR) is 88.2 cm³/mol. The number of likely N-dealkylation sites (tertiary alicyclic amines) is 1. The molecule has 0 aromatic heterocycles. The van der Waals surface area contributed by atoms with Crippen LogP contribution in [0.1, 0.15) is 38.5 Å². The molecule has 1 atom stereocenters. The lowest BCUT2D eigenvalue weighted by atomic mass is 10.0. The lowest BCUT2D eigenvalue weighted by molar-refractivity contribution is 0.137. The minimum Gasteiger partial charge on any atom is -0.355 e. The molecule has 5 nitrogen and oxygen atoms in total. The molecule has 3 rings (SSSR count). The van der Waals surface area contributed by atoms with E-state index in [4.69, 9.17) is 5.14 Å². The van der Waals surface area contributed by atoms with E-state index < -0.39 is 10.0 Å². The smallest absolute Gasteiger partial charge is 0.240 e. The van der Waals surface area contributed by atoms with Crippen LogP contribution < -0.4 is 10.0 Å². The Labute approximate surface area is 133 Å². The second-order valence-corrected chi connectivity index (χ2v) is 7.81. The average Bonchev–Trinajstić information content (AvgIpc) is 2.55. The Balaban J connectivity index is 1.94. The fourth-order valence-electron chi connectivity index (χ4n) is 3.73. The van der Waals surface area contributed by atoms with Crippen LogP contribution >= 0.6 is 0 Å². The molecule has 0 saturated carbocycles. The summed E-state index contributed by atoms with van der Waals surface area (Å²) < 4.78 is 23.8. The minimum absolute atomic E-state index is 0.249. The second kappa shape index (κ2) is 6.56. The first-order valence-corrected chi connectivity index (χ1v) is 9.74. The molecular formula is C16H25N3O2S. The van der Waals surface area contributed by atoms with Gasteiger partial charge in [0.05, 0.1) is 11.9 Å². The number of nitrogens with two attached hydrogens (primary N) is 1. The lowest BCUT2D eigenvalue weighted by Crippen LogP contribution is -2.53. The highest BCUT2D eigenvalue weighted by Gasteiger charge is 2.31. The fourth-order valence-corrected chi connectivity index (χ4v) is 4.47. The normalized spacial score (nSPS) is 24.4. The number of anilines is 1. The Morgan fingerprint density at radius 1 is 0.955 bits per heavy atom. The van der Waals surface area contributed by atoms with Crippen LogP contribution in [0.5, 0.6) is 0 Å². The molecule has 2 fully saturated rings. The third kappa shape index (κ3) is 3.29. The molecule has 0 bridgehead atoms. The Kier molecular flexibility index (Phi) is 4.70. The van der Waals surface area contributed by atoms with Crippen molar-refractivity contribution >= 4 is 15.7 Å². The number of para-hydroxylation sites is 1. The van der Waals surface area contributed by atoms with Crippen molar-refractivity contribution < 1.29 is 8.42 Å². The SMILES string of the molecule is NS(=O)(=O)c1ccccc1N1CCCCC1N1CCCCC1. The number of primary sulfonamides is 1. The van der Waals surface area contributed by atoms with Crippen molar-refractivity contribution in [3.8, 4) is 0 Å². The topological polar surface area (TPSA) is 66.6 Å². The van der Waals surface area contributed by atoms with E-state index in [1.165, 1.54) is 25.7 Å². The number of benzene rings is 1. The highest BCUT2D eigenvalue weighted by Crippen LogP contribution is 2.32. The molecule has 122 valence electrons. The molecule has 2 N–H and O–H groups in total. The van der Waals surface area contributed by atoms with Gasteiger partial charge in [0.2, 0.25) is 10.0 Å². The zero-order valence-electron chi connectivity index (χ0n) is 12.9. The van der Waals surface area contributed by atoms with Gasteiger partial charge in [-0.2, -0.15) is 0 Å². The zero-order valence-corrected chi connectivity index (χ0v) is 13.8. The minimum atomic E-state index is -3.70. The average molecular weight is 323 g/mol. The number of sulfonamides is 1. The number of hydrogen-bond donors (Lipinski definition) is 1. The third-order valence-electron chi connectivity index (χ3n) is 4.76. The van der Waals surface area contributed by atoms with Gasteiger partial charge in [-0.1, -0.05) is 18.6 Å². The lowest BCUT2D eigenvalue weighted by Gasteiger charge is -2.45. The summed E-state index contributed by atoms with van der Waals surface area (Å²) in [4.78, 5) is 5.02. The maximum atomic E-state index is 11.9. The third-order valence-corrected chi connectivity index (χ3v) is 5.72. The number of piperidine rings is 2. The van der Waals surface area contributed by atoms with Gasteiger partial charge in [0, 0.05) is 19.6 Å². The summed E-state index contributed by atoms with van der Waals surface area (Å²) in [5, 5.41) is 5.42. The van der Waals surface area contributed by atoms with E-state index in [2.05, 4.69) is 9.80 Å². The molecule has 1 unspecified atom stereocenters. The molecule has 0 spiro atoms. The van der Waals surface area contributed by atoms with Crippen LogP contribution in [0.25, 0.3) is 0 Å². The van der Waals surface area contributed by atoms with Crippen molar-refractivity contribution in [3.05, 3.63) is 24.3 Å². The van der Waals surface area contributed by atoms with Crippen molar-refractivity contribution in [2.75, 3.05) is 24.5 Å². The Morgan fingerprint density at radius 3 is 2.36 bits per heavy atom. The predicted octanol–water partition coefficient (Wildman–Crippen LogP) is 2.14. The summed E-state index contributed by atoms with van der Waals surface area (Å²) in [6.07, 6.45) is 7.48. The van der Waals surface area contributed by atoms with Crippen molar-refractivity contribution in [1.82, 2.24) is 4.90 Å². The molecule has 1 aromatic rings. The molecule has 22 heavy (non-hydrogen) atoms. The van der Waals surface area contributed by atoms with E-state index in [9.17, 15) is 8.42 Å². The molecule has 0 amide bonds. The van der Waals surface area contributed by atoms with Crippen LogP contribution in [0, 0.1) is 0 Å². The highest BCUT2D eigenvalue weighted by molar-refractivity contribution is 7.89. The summed E-state index contributed by atoms with van der Waals surface area (Å²) in [5.74, 6) is 0. The monoisotopic (exact) mass is 323 g/mol. The Bertz CT molecular complexity index is 612. The van der Waals surface area contributed by atoms with Crippen LogP contribution in [0.3, 0.4) is 0 Å². The summed E-state index contributed by atoms with van der Waals surface area (Å²) in [5.41, 5.74) is 0.764. The van der Waals surface area contributed by atoms with E-state index in [0.717, 1.165) is 38.2 Å². The van der Waals surface area contributed by atoms with Crippen LogP contribution in [0.2, 0.25) is 0 Å². The maximum absolute atomic E-state index is 11.9. The van der Waals surface area contributed by atoms with Crippen molar-refractivity contribution in [2.45, 2.75) is 49.6 Å². The summed E-state index contributed by atoms with van der Waals surface area (Å²) in [6.45, 7) is 3.12. The van der Waals surface area contributed by atoms with Crippen molar-refractivity contribution in [2.24, 2.45) is 5.14 Å². The number of rotatable bonds is 3. The van der Waals surface area contributed by atoms with E-state index in [0.29, 0.717) is 6.17 Å². The van der Waals surface area contributed by atoms with Crippen LogP contribution in [-0.4, -0.2) is 39.1 Å². The van der Waals surface area contributed by atoms with E-state index >= 15 is 0 Å². The fraction of sp³-hybridized carbons (Fsp3) is 0.625. The molecule has 6 heteroatoms. The molecular weight excluding hydrogens is 298 g/mol. The standard InChI is InChI=1S/C16H25N3O2S/c17-22(20,21)15-9-3-2-8-14(15)19-13-7-4-10-16(19)18-11-5-1-6-12-18/h2-3,8-9,16H,1,4-7,10-13H2,(H2,17,20,21). The van der Waals surface area contributed by atoms with Gasteiger partial charge in [-0.15, -0.1) is 0 Å². The van der Waals surface area contributed by atoms with Gasteiger partial charge in [0.15, 0.2) is 0 Å². The first-order valence-electron chi connectivity index (χ1n) is 8.20. The quantitative estimate of drug-likeness (QED) is 0.925. The van der Waals surface area contributed by atoms with E-state index in [1.54, 1.807) is 12.1 Å². The van der Waals surface area contributed by atoms with Crippen LogP contribution in [0.15, 0.2) is 29.2 Å². The summed E-state index contributed by atoms with van der Waals surface area (Å²) in [6, 6.07) is 7.14. The summed E-state index contributed by atoms with van der Waals surface area (Å²) >= 11 is 0. The Morgan fingerprint density at radius 2 is 1.64 bits per heavy atom. The first-order chi connectivity index (χ1) is 10.6. The first kappa shape index (κ1) is 15.8. The van der Waals surface area contributed by atoms with Gasteiger partial charge in [-0.25, -0.2) is 13.6 Å². The molecule has 0 radical (unpaired) electrons.